The van der Waals surface area contributed by atoms with Crippen LogP contribution in [0.4, 0.5) is 22.7 Å². The molecule has 0 atom stereocenters. The van der Waals surface area contributed by atoms with Crippen molar-refractivity contribution in [1.29, 1.82) is 0 Å². The van der Waals surface area contributed by atoms with Gasteiger partial charge in [-0.25, -0.2) is 0 Å². The van der Waals surface area contributed by atoms with Crippen LogP contribution in [0.25, 0.3) is 0 Å². The van der Waals surface area contributed by atoms with Crippen LogP contribution in [-0.2, 0) is 0 Å². The fraction of sp³-hybridized carbons (Fsp3) is 0.435. The Morgan fingerprint density at radius 3 is 2.07 bits per heavy atom. The number of amides is 1. The Morgan fingerprint density at radius 2 is 1.43 bits per heavy atom. The molecule has 2 aromatic carbocycles. The van der Waals surface area contributed by atoms with Crippen molar-refractivity contribution in [3.8, 4) is 0 Å². The van der Waals surface area contributed by atoms with Crippen LogP contribution in [0.5, 0.6) is 0 Å². The summed E-state index contributed by atoms with van der Waals surface area (Å²) < 4.78 is 0. The van der Waals surface area contributed by atoms with Crippen LogP contribution in [0.1, 0.15) is 48.9 Å². The lowest BCUT2D eigenvalue weighted by atomic mass is 10.1. The summed E-state index contributed by atoms with van der Waals surface area (Å²) in [6.07, 6.45) is 6.75. The molecule has 0 saturated carbocycles. The third-order valence-electron chi connectivity index (χ3n) is 5.98. The van der Waals surface area contributed by atoms with Crippen LogP contribution < -0.4 is 15.1 Å². The van der Waals surface area contributed by atoms with Gasteiger partial charge in [0.25, 0.3) is 11.6 Å². The number of carbonyl (C=O) groups is 1. The lowest BCUT2D eigenvalue weighted by Gasteiger charge is -2.30. The van der Waals surface area contributed by atoms with Crippen molar-refractivity contribution in [3.63, 3.8) is 0 Å². The first-order valence-electron chi connectivity index (χ1n) is 10.8. The number of nitrogens with zero attached hydrogens (tertiary/aromatic N) is 3. The number of nitrogens with one attached hydrogen (secondary N) is 1. The highest BCUT2D eigenvalue weighted by atomic mass is 16.6. The van der Waals surface area contributed by atoms with Gasteiger partial charge in [-0.3, -0.25) is 14.9 Å². The molecular formula is C23H28N4O3. The molecule has 158 valence electrons. The molecule has 0 radical (unpaired) electrons. The maximum absolute atomic E-state index is 12.9. The number of hydrogen-bond acceptors (Lipinski definition) is 5. The second-order valence-corrected chi connectivity index (χ2v) is 8.03. The maximum Gasteiger partial charge on any atom is 0.293 e. The van der Waals surface area contributed by atoms with Gasteiger partial charge in [0.05, 0.1) is 16.3 Å². The van der Waals surface area contributed by atoms with Crippen LogP contribution >= 0.6 is 0 Å². The molecule has 0 spiro atoms. The molecule has 2 aromatic rings. The highest BCUT2D eigenvalue weighted by Gasteiger charge is 2.24. The summed E-state index contributed by atoms with van der Waals surface area (Å²) in [5, 5.41) is 14.7. The second-order valence-electron chi connectivity index (χ2n) is 8.03. The summed E-state index contributed by atoms with van der Waals surface area (Å²) >= 11 is 0. The Labute approximate surface area is 176 Å². The minimum absolute atomic E-state index is 0.00568. The monoisotopic (exact) mass is 408 g/mol. The molecule has 1 N–H and O–H groups in total. The number of nitro benzene ring substituents is 1. The standard InChI is InChI=1S/C23H28N4O3/c28-23(24-19-9-3-4-10-20(19)25-13-5-1-6-14-25)18-11-12-21(22(17-18)27(29)30)26-15-7-2-8-16-26/h3-4,9-12,17H,1-2,5-8,13-16H2,(H,24,28). The number of para-hydroxylation sites is 2. The molecule has 2 heterocycles. The van der Waals surface area contributed by atoms with Crippen molar-refractivity contribution >= 4 is 28.7 Å². The third kappa shape index (κ3) is 4.40. The number of piperidine rings is 2. The number of hydrogen-bond donors (Lipinski definition) is 1. The van der Waals surface area contributed by atoms with Crippen molar-refractivity contribution < 1.29 is 9.72 Å². The van der Waals surface area contributed by atoms with Gasteiger partial charge in [-0.2, -0.15) is 0 Å². The lowest BCUT2D eigenvalue weighted by Crippen LogP contribution is -2.30. The molecule has 30 heavy (non-hydrogen) atoms. The molecule has 0 bridgehead atoms. The third-order valence-corrected chi connectivity index (χ3v) is 5.98. The highest BCUT2D eigenvalue weighted by molar-refractivity contribution is 6.06. The molecule has 1 amide bonds. The van der Waals surface area contributed by atoms with Crippen molar-refractivity contribution in [1.82, 2.24) is 0 Å². The first-order chi connectivity index (χ1) is 14.6. The Morgan fingerprint density at radius 1 is 0.833 bits per heavy atom. The van der Waals surface area contributed by atoms with Crippen LogP contribution in [0.3, 0.4) is 0 Å². The minimum Gasteiger partial charge on any atom is -0.370 e. The predicted molar refractivity (Wildman–Crippen MR) is 120 cm³/mol. The summed E-state index contributed by atoms with van der Waals surface area (Å²) in [6.45, 7) is 3.58. The molecule has 7 heteroatoms. The van der Waals surface area contributed by atoms with Crippen molar-refractivity contribution in [2.75, 3.05) is 41.3 Å². The molecule has 2 fully saturated rings. The molecule has 0 aromatic heterocycles. The molecule has 2 aliphatic heterocycles. The average Bonchev–Trinajstić information content (AvgIpc) is 2.80. The van der Waals surface area contributed by atoms with Crippen molar-refractivity contribution in [2.45, 2.75) is 38.5 Å². The topological polar surface area (TPSA) is 78.7 Å². The van der Waals surface area contributed by atoms with E-state index in [1.807, 2.05) is 24.3 Å². The Balaban J connectivity index is 1.57. The van der Waals surface area contributed by atoms with Gasteiger partial charge >= 0.3 is 0 Å². The van der Waals surface area contributed by atoms with Gasteiger partial charge in [0.2, 0.25) is 0 Å². The Bertz CT molecular complexity index is 918. The number of rotatable bonds is 5. The summed E-state index contributed by atoms with van der Waals surface area (Å²) in [6, 6.07) is 12.6. The average molecular weight is 409 g/mol. The van der Waals surface area contributed by atoms with E-state index in [9.17, 15) is 14.9 Å². The highest BCUT2D eigenvalue weighted by Crippen LogP contribution is 2.32. The lowest BCUT2D eigenvalue weighted by molar-refractivity contribution is -0.384. The summed E-state index contributed by atoms with van der Waals surface area (Å²) in [7, 11) is 0. The zero-order valence-electron chi connectivity index (χ0n) is 17.2. The normalized spacial score (nSPS) is 16.9. The number of anilines is 3. The number of carbonyl (C=O) groups excluding carboxylic acids is 1. The van der Waals surface area contributed by atoms with Gasteiger partial charge in [0.15, 0.2) is 0 Å². The smallest absolute Gasteiger partial charge is 0.293 e. The molecule has 4 rings (SSSR count). The largest absolute Gasteiger partial charge is 0.370 e. The van der Waals surface area contributed by atoms with Crippen molar-refractivity contribution in [3.05, 3.63) is 58.1 Å². The predicted octanol–water partition coefficient (Wildman–Crippen LogP) is 4.83. The van der Waals surface area contributed by atoms with E-state index >= 15 is 0 Å². The van der Waals surface area contributed by atoms with Crippen LogP contribution in [0.15, 0.2) is 42.5 Å². The molecule has 7 nitrogen and oxygen atoms in total. The summed E-state index contributed by atoms with van der Waals surface area (Å²) in [5.74, 6) is -0.326. The fourth-order valence-corrected chi connectivity index (χ4v) is 4.40. The van der Waals surface area contributed by atoms with E-state index in [2.05, 4.69) is 15.1 Å². The minimum atomic E-state index is -0.387. The van der Waals surface area contributed by atoms with Crippen LogP contribution in [0, 0.1) is 10.1 Å². The van der Waals surface area contributed by atoms with E-state index in [0.717, 1.165) is 69.7 Å². The number of benzene rings is 2. The van der Waals surface area contributed by atoms with Gasteiger partial charge in [-0.1, -0.05) is 12.1 Å². The first-order valence-corrected chi connectivity index (χ1v) is 10.8. The van der Waals surface area contributed by atoms with Gasteiger partial charge in [-0.15, -0.1) is 0 Å². The fourth-order valence-electron chi connectivity index (χ4n) is 4.40. The van der Waals surface area contributed by atoms with E-state index in [4.69, 9.17) is 0 Å². The molecule has 2 aliphatic rings. The van der Waals surface area contributed by atoms with Gasteiger partial charge in [-0.05, 0) is 62.8 Å². The maximum atomic E-state index is 12.9. The van der Waals surface area contributed by atoms with Crippen molar-refractivity contribution in [2.24, 2.45) is 0 Å². The quantitative estimate of drug-likeness (QED) is 0.566. The van der Waals surface area contributed by atoms with E-state index in [0.29, 0.717) is 11.3 Å². The zero-order valence-corrected chi connectivity index (χ0v) is 17.2. The van der Waals surface area contributed by atoms with E-state index in [1.165, 1.54) is 12.5 Å². The number of nitro groups is 1. The molecule has 0 unspecified atom stereocenters. The van der Waals surface area contributed by atoms with Gasteiger partial charge in [0, 0.05) is 37.8 Å². The molecule has 0 aliphatic carbocycles. The zero-order chi connectivity index (χ0) is 20.9. The van der Waals surface area contributed by atoms with E-state index < -0.39 is 0 Å². The summed E-state index contributed by atoms with van der Waals surface area (Å²) in [4.78, 5) is 28.6. The van der Waals surface area contributed by atoms with Crippen LogP contribution in [-0.4, -0.2) is 37.0 Å². The first kappa shape index (κ1) is 20.2. The molecular weight excluding hydrogens is 380 g/mol. The van der Waals surface area contributed by atoms with E-state index in [-0.39, 0.29) is 16.5 Å². The summed E-state index contributed by atoms with van der Waals surface area (Å²) in [5.41, 5.74) is 2.65. The molecule has 2 saturated heterocycles. The van der Waals surface area contributed by atoms with Gasteiger partial charge in [0.1, 0.15) is 5.69 Å². The second kappa shape index (κ2) is 9.15. The van der Waals surface area contributed by atoms with E-state index in [1.54, 1.807) is 12.1 Å². The Hall–Kier alpha value is -3.09. The van der Waals surface area contributed by atoms with Gasteiger partial charge < -0.3 is 15.1 Å². The Kier molecular flexibility index (Phi) is 6.16. The van der Waals surface area contributed by atoms with Crippen LogP contribution in [0.2, 0.25) is 0 Å². The SMILES string of the molecule is O=C(Nc1ccccc1N1CCCCC1)c1ccc(N2CCCCC2)c([N+](=O)[O-])c1.